The van der Waals surface area contributed by atoms with Crippen LogP contribution in [-0.4, -0.2) is 47.3 Å². The number of hydrogen-bond donors (Lipinski definition) is 1. The van der Waals surface area contributed by atoms with Gasteiger partial charge in [0.25, 0.3) is 5.91 Å². The van der Waals surface area contributed by atoms with Gasteiger partial charge in [0.2, 0.25) is 5.13 Å². The van der Waals surface area contributed by atoms with Crippen LogP contribution in [0.15, 0.2) is 48.5 Å². The molecule has 0 bridgehead atoms. The Morgan fingerprint density at radius 2 is 1.79 bits per heavy atom. The number of anilines is 1. The first-order valence-corrected chi connectivity index (χ1v) is 10.2. The van der Waals surface area contributed by atoms with E-state index in [0.29, 0.717) is 15.7 Å². The number of carbonyl (C=O) groups is 1. The van der Waals surface area contributed by atoms with Crippen LogP contribution < -0.4 is 5.32 Å². The van der Waals surface area contributed by atoms with E-state index >= 15 is 0 Å². The minimum atomic E-state index is -0.197. The van der Waals surface area contributed by atoms with Gasteiger partial charge in [0.1, 0.15) is 5.01 Å². The van der Waals surface area contributed by atoms with Gasteiger partial charge in [0.05, 0.1) is 13.2 Å². The van der Waals surface area contributed by atoms with Crippen LogP contribution in [0.4, 0.5) is 5.13 Å². The van der Waals surface area contributed by atoms with Gasteiger partial charge in [-0.3, -0.25) is 15.0 Å². The van der Waals surface area contributed by atoms with Gasteiger partial charge in [-0.15, -0.1) is 10.2 Å². The van der Waals surface area contributed by atoms with E-state index in [1.54, 1.807) is 12.1 Å². The van der Waals surface area contributed by atoms with Crippen molar-refractivity contribution in [3.63, 3.8) is 0 Å². The summed E-state index contributed by atoms with van der Waals surface area (Å²) in [4.78, 5) is 14.8. The van der Waals surface area contributed by atoms with Gasteiger partial charge in [0, 0.05) is 35.8 Å². The van der Waals surface area contributed by atoms with Crippen molar-refractivity contribution in [2.24, 2.45) is 0 Å². The third-order valence-corrected chi connectivity index (χ3v) is 5.60. The zero-order chi connectivity index (χ0) is 19.3. The molecule has 1 aromatic heterocycles. The van der Waals surface area contributed by atoms with E-state index < -0.39 is 0 Å². The van der Waals surface area contributed by atoms with Gasteiger partial charge in [-0.05, 0) is 29.8 Å². The maximum atomic E-state index is 12.5. The largest absolute Gasteiger partial charge is 0.379 e. The second kappa shape index (κ2) is 8.79. The third kappa shape index (κ3) is 4.74. The van der Waals surface area contributed by atoms with Gasteiger partial charge in [0.15, 0.2) is 0 Å². The Morgan fingerprint density at radius 3 is 2.50 bits per heavy atom. The van der Waals surface area contributed by atoms with Crippen LogP contribution >= 0.6 is 22.9 Å². The summed E-state index contributed by atoms with van der Waals surface area (Å²) >= 11 is 7.23. The molecule has 3 aromatic rings. The molecule has 0 aliphatic carbocycles. The molecule has 8 heteroatoms. The standard InChI is InChI=1S/C20H19ClN4O2S/c21-17-7-5-16(6-8-17)19-23-24-20(28-19)22-18(26)15-3-1-14(2-4-15)13-25-9-11-27-12-10-25/h1-8H,9-13H2,(H,22,24,26). The van der Waals surface area contributed by atoms with Crippen molar-refractivity contribution in [3.05, 3.63) is 64.7 Å². The van der Waals surface area contributed by atoms with Gasteiger partial charge in [-0.2, -0.15) is 0 Å². The predicted octanol–water partition coefficient (Wildman–Crippen LogP) is 3.94. The number of amides is 1. The molecule has 144 valence electrons. The first-order valence-electron chi connectivity index (χ1n) is 8.97. The second-order valence-electron chi connectivity index (χ2n) is 6.46. The number of morpholine rings is 1. The highest BCUT2D eigenvalue weighted by Crippen LogP contribution is 2.27. The number of rotatable bonds is 5. The lowest BCUT2D eigenvalue weighted by Gasteiger charge is -2.26. The van der Waals surface area contributed by atoms with E-state index in [2.05, 4.69) is 20.4 Å². The zero-order valence-corrected chi connectivity index (χ0v) is 16.7. The Kier molecular flexibility index (Phi) is 5.97. The molecule has 0 spiro atoms. The monoisotopic (exact) mass is 414 g/mol. The van der Waals surface area contributed by atoms with Crippen LogP contribution in [0, 0.1) is 0 Å². The van der Waals surface area contributed by atoms with E-state index in [1.165, 1.54) is 16.9 Å². The number of halogens is 1. The Bertz CT molecular complexity index is 938. The molecular formula is C20H19ClN4O2S. The summed E-state index contributed by atoms with van der Waals surface area (Å²) in [5, 5.41) is 12.9. The molecule has 0 saturated carbocycles. The van der Waals surface area contributed by atoms with Crippen molar-refractivity contribution in [1.82, 2.24) is 15.1 Å². The number of ether oxygens (including phenoxy) is 1. The highest BCUT2D eigenvalue weighted by atomic mass is 35.5. The summed E-state index contributed by atoms with van der Waals surface area (Å²) in [6, 6.07) is 15.0. The van der Waals surface area contributed by atoms with E-state index in [1.807, 2.05) is 36.4 Å². The molecule has 1 N–H and O–H groups in total. The third-order valence-electron chi connectivity index (χ3n) is 4.46. The average Bonchev–Trinajstić information content (AvgIpc) is 3.18. The predicted molar refractivity (Wildman–Crippen MR) is 111 cm³/mol. The van der Waals surface area contributed by atoms with E-state index in [9.17, 15) is 4.79 Å². The zero-order valence-electron chi connectivity index (χ0n) is 15.1. The number of nitrogens with zero attached hydrogens (tertiary/aromatic N) is 3. The van der Waals surface area contributed by atoms with E-state index in [-0.39, 0.29) is 5.91 Å². The van der Waals surface area contributed by atoms with Crippen molar-refractivity contribution in [2.45, 2.75) is 6.54 Å². The Labute approximate surface area is 172 Å². The number of nitrogens with one attached hydrogen (secondary N) is 1. The maximum absolute atomic E-state index is 12.5. The first-order chi connectivity index (χ1) is 13.7. The van der Waals surface area contributed by atoms with Crippen LogP contribution in [0.1, 0.15) is 15.9 Å². The number of benzene rings is 2. The van der Waals surface area contributed by atoms with Crippen molar-refractivity contribution in [3.8, 4) is 10.6 Å². The van der Waals surface area contributed by atoms with Crippen molar-refractivity contribution in [1.29, 1.82) is 0 Å². The fraction of sp³-hybridized carbons (Fsp3) is 0.250. The minimum Gasteiger partial charge on any atom is -0.379 e. The molecule has 1 aliphatic rings. The maximum Gasteiger partial charge on any atom is 0.257 e. The van der Waals surface area contributed by atoms with E-state index in [0.717, 1.165) is 43.4 Å². The van der Waals surface area contributed by atoms with Gasteiger partial charge < -0.3 is 4.74 Å². The molecule has 1 aliphatic heterocycles. The smallest absolute Gasteiger partial charge is 0.257 e. The number of carbonyl (C=O) groups excluding carboxylic acids is 1. The highest BCUT2D eigenvalue weighted by molar-refractivity contribution is 7.18. The van der Waals surface area contributed by atoms with Gasteiger partial charge in [-0.25, -0.2) is 0 Å². The normalized spacial score (nSPS) is 14.8. The summed E-state index contributed by atoms with van der Waals surface area (Å²) < 4.78 is 5.37. The Hall–Kier alpha value is -2.32. The number of aromatic nitrogens is 2. The second-order valence-corrected chi connectivity index (χ2v) is 7.87. The fourth-order valence-corrected chi connectivity index (χ4v) is 3.80. The topological polar surface area (TPSA) is 67.4 Å². The molecule has 2 heterocycles. The molecule has 0 atom stereocenters. The van der Waals surface area contributed by atoms with E-state index in [4.69, 9.17) is 16.3 Å². The lowest BCUT2D eigenvalue weighted by molar-refractivity contribution is 0.0342. The molecule has 1 fully saturated rings. The van der Waals surface area contributed by atoms with Crippen LogP contribution in [0.3, 0.4) is 0 Å². The molecule has 1 amide bonds. The van der Waals surface area contributed by atoms with Crippen LogP contribution in [0.2, 0.25) is 5.02 Å². The van der Waals surface area contributed by atoms with Crippen LogP contribution in [-0.2, 0) is 11.3 Å². The summed E-state index contributed by atoms with van der Waals surface area (Å²) in [5.41, 5.74) is 2.68. The SMILES string of the molecule is O=C(Nc1nnc(-c2ccc(Cl)cc2)s1)c1ccc(CN2CCOCC2)cc1. The summed E-state index contributed by atoms with van der Waals surface area (Å²) in [6.45, 7) is 4.30. The molecule has 28 heavy (non-hydrogen) atoms. The van der Waals surface area contributed by atoms with Gasteiger partial charge >= 0.3 is 0 Å². The molecule has 4 rings (SSSR count). The summed E-state index contributed by atoms with van der Waals surface area (Å²) in [6.07, 6.45) is 0. The summed E-state index contributed by atoms with van der Waals surface area (Å²) in [5.74, 6) is -0.197. The van der Waals surface area contributed by atoms with Gasteiger partial charge in [-0.1, -0.05) is 47.2 Å². The minimum absolute atomic E-state index is 0.197. The summed E-state index contributed by atoms with van der Waals surface area (Å²) in [7, 11) is 0. The fourth-order valence-electron chi connectivity index (χ4n) is 2.93. The molecule has 1 saturated heterocycles. The Morgan fingerprint density at radius 1 is 1.07 bits per heavy atom. The molecule has 0 unspecified atom stereocenters. The quantitative estimate of drug-likeness (QED) is 0.684. The highest BCUT2D eigenvalue weighted by Gasteiger charge is 2.13. The van der Waals surface area contributed by atoms with Crippen molar-refractivity contribution < 1.29 is 9.53 Å². The van der Waals surface area contributed by atoms with Crippen molar-refractivity contribution in [2.75, 3.05) is 31.6 Å². The molecular weight excluding hydrogens is 396 g/mol. The van der Waals surface area contributed by atoms with Crippen LogP contribution in [0.25, 0.3) is 10.6 Å². The first kappa shape index (κ1) is 19.0. The Balaban J connectivity index is 1.37. The lowest BCUT2D eigenvalue weighted by Crippen LogP contribution is -2.35. The average molecular weight is 415 g/mol. The molecule has 6 nitrogen and oxygen atoms in total. The van der Waals surface area contributed by atoms with Crippen LogP contribution in [0.5, 0.6) is 0 Å². The number of hydrogen-bond acceptors (Lipinski definition) is 6. The lowest BCUT2D eigenvalue weighted by atomic mass is 10.1. The van der Waals surface area contributed by atoms with Crippen molar-refractivity contribution >= 4 is 34.0 Å². The molecule has 0 radical (unpaired) electrons. The molecule has 2 aromatic carbocycles.